The molecule has 1 atom stereocenters. The van der Waals surface area contributed by atoms with Crippen LogP contribution in [0.4, 0.5) is 10.5 Å². The topological polar surface area (TPSA) is 65.2 Å². The van der Waals surface area contributed by atoms with Crippen LogP contribution in [0.3, 0.4) is 0 Å². The Bertz CT molecular complexity index is 743. The van der Waals surface area contributed by atoms with Gasteiger partial charge in [0.25, 0.3) is 0 Å². The summed E-state index contributed by atoms with van der Waals surface area (Å²) in [6.07, 6.45) is 2.90. The molecule has 0 spiro atoms. The van der Waals surface area contributed by atoms with E-state index in [-0.39, 0.29) is 12.1 Å². The monoisotopic (exact) mass is 350 g/mol. The number of carbonyl (C=O) groups is 1. The standard InChI is InChI=1S/C21H26N4O/c26-21(23-14-20-10-15-6-4-5-7-16(15)13-22-20)25-19-11-18(12-19)24-17-8-2-1-3-9-17/h1-9,18-20,22,24H,10-14H2,(H2,23,25,26). The van der Waals surface area contributed by atoms with Gasteiger partial charge in [0.15, 0.2) is 0 Å². The molecule has 0 radical (unpaired) electrons. The average molecular weight is 350 g/mol. The molecule has 136 valence electrons. The van der Waals surface area contributed by atoms with Gasteiger partial charge in [0.2, 0.25) is 0 Å². The summed E-state index contributed by atoms with van der Waals surface area (Å²) in [5.74, 6) is 0. The fraction of sp³-hybridized carbons (Fsp3) is 0.381. The van der Waals surface area contributed by atoms with Gasteiger partial charge in [0, 0.05) is 36.9 Å². The quantitative estimate of drug-likeness (QED) is 0.670. The summed E-state index contributed by atoms with van der Waals surface area (Å²) >= 11 is 0. The largest absolute Gasteiger partial charge is 0.382 e. The van der Waals surface area contributed by atoms with Crippen LogP contribution in [-0.2, 0) is 13.0 Å². The van der Waals surface area contributed by atoms with Gasteiger partial charge in [0.05, 0.1) is 0 Å². The molecule has 1 aliphatic heterocycles. The van der Waals surface area contributed by atoms with E-state index >= 15 is 0 Å². The molecular weight excluding hydrogens is 324 g/mol. The SMILES string of the molecule is O=C(NCC1Cc2ccccc2CN1)NC1CC(Nc2ccccc2)C1. The van der Waals surface area contributed by atoms with Crippen LogP contribution in [0.25, 0.3) is 0 Å². The molecule has 4 rings (SSSR count). The number of fused-ring (bicyclic) bond motifs is 1. The molecular formula is C21H26N4O. The van der Waals surface area contributed by atoms with Crippen LogP contribution in [0.5, 0.6) is 0 Å². The highest BCUT2D eigenvalue weighted by Crippen LogP contribution is 2.24. The molecule has 0 aromatic heterocycles. The van der Waals surface area contributed by atoms with Gasteiger partial charge in [-0.15, -0.1) is 0 Å². The van der Waals surface area contributed by atoms with Gasteiger partial charge in [-0.2, -0.15) is 0 Å². The molecule has 2 aromatic carbocycles. The van der Waals surface area contributed by atoms with Crippen molar-refractivity contribution in [1.29, 1.82) is 0 Å². The lowest BCUT2D eigenvalue weighted by Crippen LogP contribution is -2.54. The van der Waals surface area contributed by atoms with Crippen molar-refractivity contribution in [2.45, 2.75) is 43.9 Å². The molecule has 1 unspecified atom stereocenters. The lowest BCUT2D eigenvalue weighted by molar-refractivity contribution is 0.224. The highest BCUT2D eigenvalue weighted by molar-refractivity contribution is 5.74. The fourth-order valence-corrected chi connectivity index (χ4v) is 3.74. The number of anilines is 1. The minimum absolute atomic E-state index is 0.0613. The predicted octanol–water partition coefficient (Wildman–Crippen LogP) is 2.64. The van der Waals surface area contributed by atoms with Gasteiger partial charge >= 0.3 is 6.03 Å². The van der Waals surface area contributed by atoms with Crippen LogP contribution in [0.2, 0.25) is 0 Å². The van der Waals surface area contributed by atoms with Crippen LogP contribution < -0.4 is 21.3 Å². The maximum absolute atomic E-state index is 12.1. The summed E-state index contributed by atoms with van der Waals surface area (Å²) in [5, 5.41) is 13.1. The van der Waals surface area contributed by atoms with Crippen molar-refractivity contribution in [1.82, 2.24) is 16.0 Å². The third kappa shape index (κ3) is 4.17. The van der Waals surface area contributed by atoms with Gasteiger partial charge in [-0.1, -0.05) is 42.5 Å². The maximum Gasteiger partial charge on any atom is 0.315 e. The molecule has 4 N–H and O–H groups in total. The molecule has 5 heteroatoms. The van der Waals surface area contributed by atoms with Gasteiger partial charge < -0.3 is 21.3 Å². The van der Waals surface area contributed by atoms with E-state index in [1.807, 2.05) is 18.2 Å². The third-order valence-electron chi connectivity index (χ3n) is 5.29. The number of benzene rings is 2. The van der Waals surface area contributed by atoms with E-state index in [9.17, 15) is 4.79 Å². The summed E-state index contributed by atoms with van der Waals surface area (Å²) < 4.78 is 0. The van der Waals surface area contributed by atoms with Crippen LogP contribution >= 0.6 is 0 Å². The van der Waals surface area contributed by atoms with Crippen molar-refractivity contribution in [3.8, 4) is 0 Å². The average Bonchev–Trinajstić information content (AvgIpc) is 2.65. The van der Waals surface area contributed by atoms with Gasteiger partial charge in [0.1, 0.15) is 0 Å². The number of hydrogen-bond donors (Lipinski definition) is 4. The Balaban J connectivity index is 1.15. The summed E-state index contributed by atoms with van der Waals surface area (Å²) in [6.45, 7) is 1.53. The summed E-state index contributed by atoms with van der Waals surface area (Å²) in [4.78, 5) is 12.1. The summed E-state index contributed by atoms with van der Waals surface area (Å²) in [5.41, 5.74) is 3.89. The van der Waals surface area contributed by atoms with Crippen molar-refractivity contribution >= 4 is 11.7 Å². The summed E-state index contributed by atoms with van der Waals surface area (Å²) in [6, 6.07) is 19.7. The first kappa shape index (κ1) is 16.9. The molecule has 1 aliphatic carbocycles. The molecule has 1 fully saturated rings. The number of carbonyl (C=O) groups excluding carboxylic acids is 1. The van der Waals surface area contributed by atoms with Crippen molar-refractivity contribution in [3.05, 3.63) is 65.7 Å². The fourth-order valence-electron chi connectivity index (χ4n) is 3.74. The zero-order valence-electron chi connectivity index (χ0n) is 14.9. The summed E-state index contributed by atoms with van der Waals surface area (Å²) in [7, 11) is 0. The highest BCUT2D eigenvalue weighted by Gasteiger charge is 2.30. The second kappa shape index (κ2) is 7.79. The van der Waals surface area contributed by atoms with E-state index in [0.29, 0.717) is 18.6 Å². The van der Waals surface area contributed by atoms with Crippen molar-refractivity contribution in [3.63, 3.8) is 0 Å². The Morgan fingerprint density at radius 3 is 2.50 bits per heavy atom. The first-order valence-corrected chi connectivity index (χ1v) is 9.42. The van der Waals surface area contributed by atoms with Gasteiger partial charge in [-0.05, 0) is 42.5 Å². The molecule has 2 aliphatic rings. The second-order valence-electron chi connectivity index (χ2n) is 7.28. The lowest BCUT2D eigenvalue weighted by Gasteiger charge is -2.37. The number of nitrogens with one attached hydrogen (secondary N) is 4. The number of hydrogen-bond acceptors (Lipinski definition) is 3. The molecule has 2 aromatic rings. The predicted molar refractivity (Wildman–Crippen MR) is 104 cm³/mol. The Hall–Kier alpha value is -2.53. The molecule has 5 nitrogen and oxygen atoms in total. The zero-order valence-corrected chi connectivity index (χ0v) is 14.9. The van der Waals surface area contributed by atoms with Crippen molar-refractivity contribution in [2.24, 2.45) is 0 Å². The van der Waals surface area contributed by atoms with Gasteiger partial charge in [-0.25, -0.2) is 4.79 Å². The van der Waals surface area contributed by atoms with E-state index in [1.165, 1.54) is 11.1 Å². The van der Waals surface area contributed by atoms with E-state index in [0.717, 1.165) is 31.5 Å². The van der Waals surface area contributed by atoms with Crippen molar-refractivity contribution in [2.75, 3.05) is 11.9 Å². The molecule has 1 heterocycles. The van der Waals surface area contributed by atoms with Crippen LogP contribution in [0.15, 0.2) is 54.6 Å². The smallest absolute Gasteiger partial charge is 0.315 e. The third-order valence-corrected chi connectivity index (χ3v) is 5.29. The van der Waals surface area contributed by atoms with E-state index in [2.05, 4.69) is 57.7 Å². The van der Waals surface area contributed by atoms with Crippen LogP contribution in [-0.4, -0.2) is 30.7 Å². The normalized spacial score (nSPS) is 24.1. The molecule has 26 heavy (non-hydrogen) atoms. The Morgan fingerprint density at radius 1 is 0.962 bits per heavy atom. The lowest BCUT2D eigenvalue weighted by atomic mass is 9.86. The number of urea groups is 1. The minimum atomic E-state index is -0.0613. The van der Waals surface area contributed by atoms with Crippen LogP contribution in [0.1, 0.15) is 24.0 Å². The van der Waals surface area contributed by atoms with E-state index in [1.54, 1.807) is 0 Å². The van der Waals surface area contributed by atoms with E-state index < -0.39 is 0 Å². The molecule has 1 saturated carbocycles. The van der Waals surface area contributed by atoms with Gasteiger partial charge in [-0.3, -0.25) is 0 Å². The maximum atomic E-state index is 12.1. The number of amides is 2. The van der Waals surface area contributed by atoms with Crippen LogP contribution in [0, 0.1) is 0 Å². The Morgan fingerprint density at radius 2 is 1.69 bits per heavy atom. The van der Waals surface area contributed by atoms with E-state index in [4.69, 9.17) is 0 Å². The molecule has 2 amide bonds. The first-order valence-electron chi connectivity index (χ1n) is 9.42. The minimum Gasteiger partial charge on any atom is -0.382 e. The highest BCUT2D eigenvalue weighted by atomic mass is 16.2. The Labute approximate surface area is 154 Å². The Kier molecular flexibility index (Phi) is 5.07. The first-order chi connectivity index (χ1) is 12.8. The second-order valence-corrected chi connectivity index (χ2v) is 7.28. The number of para-hydroxylation sites is 1. The number of rotatable bonds is 5. The molecule has 0 saturated heterocycles. The van der Waals surface area contributed by atoms with Crippen molar-refractivity contribution < 1.29 is 4.79 Å². The zero-order chi connectivity index (χ0) is 17.8. The molecule has 0 bridgehead atoms.